The minimum Gasteiger partial charge on any atom is -0.480 e. The van der Waals surface area contributed by atoms with Gasteiger partial charge in [-0.15, -0.1) is 0 Å². The minimum atomic E-state index is -0.790. The van der Waals surface area contributed by atoms with Gasteiger partial charge in [0.15, 0.2) is 0 Å². The van der Waals surface area contributed by atoms with Crippen molar-refractivity contribution in [3.8, 4) is 0 Å². The highest BCUT2D eigenvalue weighted by Gasteiger charge is 2.30. The molecule has 0 spiro atoms. The number of hydrogen-bond acceptors (Lipinski definition) is 3. The van der Waals surface area contributed by atoms with Crippen LogP contribution in [0.25, 0.3) is 0 Å². The van der Waals surface area contributed by atoms with E-state index in [1.165, 1.54) is 0 Å². The number of aliphatic carboxylic acids is 1. The van der Waals surface area contributed by atoms with Gasteiger partial charge < -0.3 is 10.4 Å². The van der Waals surface area contributed by atoms with Crippen LogP contribution in [0.4, 0.5) is 0 Å². The third kappa shape index (κ3) is 4.86. The van der Waals surface area contributed by atoms with E-state index in [4.69, 9.17) is 5.11 Å². The van der Waals surface area contributed by atoms with Crippen LogP contribution in [-0.4, -0.2) is 35.2 Å². The Hall–Kier alpha value is -0.220. The smallest absolute Gasteiger partial charge is 0.324 e. The largest absolute Gasteiger partial charge is 0.480 e. The molecular weight excluding hydrogens is 198 g/mol. The quantitative estimate of drug-likeness (QED) is 0.641. The third-order valence-corrected chi connectivity index (χ3v) is 3.56. The SMILES string of the molecule is CNC(C)(CSCCC(C)C)C(=O)O. The van der Waals surface area contributed by atoms with E-state index in [9.17, 15) is 4.79 Å². The van der Waals surface area contributed by atoms with Crippen LogP contribution in [0, 0.1) is 5.92 Å². The van der Waals surface area contributed by atoms with Gasteiger partial charge in [0.2, 0.25) is 0 Å². The summed E-state index contributed by atoms with van der Waals surface area (Å²) < 4.78 is 0. The maximum Gasteiger partial charge on any atom is 0.324 e. The predicted octanol–water partition coefficient (Wildman–Crippen LogP) is 1.83. The van der Waals surface area contributed by atoms with Crippen molar-refractivity contribution >= 4 is 17.7 Å². The molecule has 0 aromatic heterocycles. The van der Waals surface area contributed by atoms with Gasteiger partial charge in [-0.25, -0.2) is 0 Å². The van der Waals surface area contributed by atoms with Crippen molar-refractivity contribution in [3.63, 3.8) is 0 Å². The van der Waals surface area contributed by atoms with Crippen LogP contribution in [0.5, 0.6) is 0 Å². The number of carboxylic acid groups (broad SMARTS) is 1. The van der Waals surface area contributed by atoms with Crippen molar-refractivity contribution in [2.75, 3.05) is 18.6 Å². The lowest BCUT2D eigenvalue weighted by molar-refractivity contribution is -0.142. The van der Waals surface area contributed by atoms with E-state index in [0.717, 1.165) is 12.2 Å². The summed E-state index contributed by atoms with van der Waals surface area (Å²) in [6, 6.07) is 0. The van der Waals surface area contributed by atoms with E-state index in [2.05, 4.69) is 19.2 Å². The zero-order valence-corrected chi connectivity index (χ0v) is 10.3. The number of rotatable bonds is 7. The first-order chi connectivity index (χ1) is 6.42. The highest BCUT2D eigenvalue weighted by Crippen LogP contribution is 2.16. The Labute approximate surface area is 90.7 Å². The molecule has 0 fully saturated rings. The van der Waals surface area contributed by atoms with E-state index in [0.29, 0.717) is 11.7 Å². The Kier molecular flexibility index (Phi) is 6.20. The second-order valence-corrected chi connectivity index (χ2v) is 5.23. The average Bonchev–Trinajstić information content (AvgIpc) is 2.11. The summed E-state index contributed by atoms with van der Waals surface area (Å²) in [7, 11) is 1.69. The molecule has 0 aromatic rings. The van der Waals surface area contributed by atoms with E-state index in [1.807, 2.05) is 0 Å². The van der Waals surface area contributed by atoms with E-state index in [-0.39, 0.29) is 0 Å². The summed E-state index contributed by atoms with van der Waals surface area (Å²) >= 11 is 1.70. The van der Waals surface area contributed by atoms with Crippen molar-refractivity contribution in [1.29, 1.82) is 0 Å². The average molecular weight is 219 g/mol. The molecule has 0 aliphatic heterocycles. The van der Waals surface area contributed by atoms with Crippen molar-refractivity contribution in [2.45, 2.75) is 32.7 Å². The molecule has 4 heteroatoms. The molecule has 14 heavy (non-hydrogen) atoms. The Morgan fingerprint density at radius 1 is 1.57 bits per heavy atom. The van der Waals surface area contributed by atoms with Crippen LogP contribution >= 0.6 is 11.8 Å². The molecule has 0 aromatic carbocycles. The minimum absolute atomic E-state index is 0.617. The molecule has 1 unspecified atom stereocenters. The molecule has 1 atom stereocenters. The molecule has 0 rings (SSSR count). The molecule has 0 bridgehead atoms. The molecule has 0 heterocycles. The first-order valence-electron chi connectivity index (χ1n) is 4.92. The highest BCUT2D eigenvalue weighted by molar-refractivity contribution is 7.99. The van der Waals surface area contributed by atoms with Gasteiger partial charge >= 0.3 is 5.97 Å². The monoisotopic (exact) mass is 219 g/mol. The summed E-state index contributed by atoms with van der Waals surface area (Å²) in [5.74, 6) is 1.55. The van der Waals surface area contributed by atoms with Gasteiger partial charge in [-0.2, -0.15) is 11.8 Å². The third-order valence-electron chi connectivity index (χ3n) is 2.25. The van der Waals surface area contributed by atoms with Crippen molar-refractivity contribution in [3.05, 3.63) is 0 Å². The first kappa shape index (κ1) is 13.8. The predicted molar refractivity (Wildman–Crippen MR) is 61.9 cm³/mol. The maximum atomic E-state index is 10.9. The Morgan fingerprint density at radius 2 is 2.14 bits per heavy atom. The van der Waals surface area contributed by atoms with Crippen molar-refractivity contribution < 1.29 is 9.90 Å². The van der Waals surface area contributed by atoms with Gasteiger partial charge in [0, 0.05) is 5.75 Å². The van der Waals surface area contributed by atoms with Gasteiger partial charge in [-0.05, 0) is 32.1 Å². The molecule has 0 saturated heterocycles. The number of thioether (sulfide) groups is 1. The van der Waals surface area contributed by atoms with Crippen LogP contribution < -0.4 is 5.32 Å². The first-order valence-corrected chi connectivity index (χ1v) is 6.08. The molecular formula is C10H21NO2S. The summed E-state index contributed by atoms with van der Waals surface area (Å²) in [4.78, 5) is 10.9. The highest BCUT2D eigenvalue weighted by atomic mass is 32.2. The zero-order valence-electron chi connectivity index (χ0n) is 9.46. The normalized spacial score (nSPS) is 15.5. The summed E-state index contributed by atoms with van der Waals surface area (Å²) in [6.45, 7) is 6.07. The molecule has 0 radical (unpaired) electrons. The number of carbonyl (C=O) groups is 1. The number of likely N-dealkylation sites (N-methyl/N-ethyl adjacent to an activating group) is 1. The fraction of sp³-hybridized carbons (Fsp3) is 0.900. The zero-order chi connectivity index (χ0) is 11.2. The van der Waals surface area contributed by atoms with Gasteiger partial charge in [-0.3, -0.25) is 4.79 Å². The van der Waals surface area contributed by atoms with Crippen LogP contribution in [0.3, 0.4) is 0 Å². The van der Waals surface area contributed by atoms with E-state index < -0.39 is 11.5 Å². The fourth-order valence-electron chi connectivity index (χ4n) is 0.836. The van der Waals surface area contributed by atoms with E-state index >= 15 is 0 Å². The molecule has 2 N–H and O–H groups in total. The Balaban J connectivity index is 3.79. The molecule has 0 amide bonds. The number of carboxylic acids is 1. The molecule has 0 saturated carbocycles. The van der Waals surface area contributed by atoms with Gasteiger partial charge in [0.05, 0.1) is 0 Å². The van der Waals surface area contributed by atoms with Gasteiger partial charge in [0.25, 0.3) is 0 Å². The molecule has 84 valence electrons. The lowest BCUT2D eigenvalue weighted by Crippen LogP contribution is -2.49. The van der Waals surface area contributed by atoms with Crippen LogP contribution in [0.15, 0.2) is 0 Å². The van der Waals surface area contributed by atoms with Gasteiger partial charge in [-0.1, -0.05) is 13.8 Å². The molecule has 3 nitrogen and oxygen atoms in total. The van der Waals surface area contributed by atoms with Crippen LogP contribution in [-0.2, 0) is 4.79 Å². The second kappa shape index (κ2) is 6.30. The second-order valence-electron chi connectivity index (χ2n) is 4.12. The van der Waals surface area contributed by atoms with Crippen LogP contribution in [0.1, 0.15) is 27.2 Å². The van der Waals surface area contributed by atoms with Crippen molar-refractivity contribution in [2.24, 2.45) is 5.92 Å². The number of hydrogen-bond donors (Lipinski definition) is 2. The maximum absolute atomic E-state index is 10.9. The Morgan fingerprint density at radius 3 is 2.50 bits per heavy atom. The van der Waals surface area contributed by atoms with Crippen LogP contribution in [0.2, 0.25) is 0 Å². The standard InChI is InChI=1S/C10H21NO2S/c1-8(2)5-6-14-7-10(3,11-4)9(12)13/h8,11H,5-7H2,1-4H3,(H,12,13). The number of nitrogens with one attached hydrogen (secondary N) is 1. The lowest BCUT2D eigenvalue weighted by Gasteiger charge is -2.23. The topological polar surface area (TPSA) is 49.3 Å². The summed E-state index contributed by atoms with van der Waals surface area (Å²) in [5.41, 5.74) is -0.790. The lowest BCUT2D eigenvalue weighted by atomic mass is 10.1. The van der Waals surface area contributed by atoms with E-state index in [1.54, 1.807) is 25.7 Å². The van der Waals surface area contributed by atoms with Gasteiger partial charge in [0.1, 0.15) is 5.54 Å². The van der Waals surface area contributed by atoms with Crippen molar-refractivity contribution in [1.82, 2.24) is 5.32 Å². The molecule has 0 aliphatic carbocycles. The summed E-state index contributed by atoms with van der Waals surface area (Å²) in [6.07, 6.45) is 1.14. The summed E-state index contributed by atoms with van der Waals surface area (Å²) in [5, 5.41) is 11.8. The Bertz CT molecular complexity index is 185. The fourth-order valence-corrected chi connectivity index (χ4v) is 2.29. The molecule has 0 aliphatic rings.